The molecule has 3 heteroatoms. The van der Waals surface area contributed by atoms with Gasteiger partial charge in [0, 0.05) is 24.9 Å². The highest BCUT2D eigenvalue weighted by atomic mass is 16.2. The van der Waals surface area contributed by atoms with Crippen molar-refractivity contribution in [1.29, 1.82) is 0 Å². The summed E-state index contributed by atoms with van der Waals surface area (Å²) in [4.78, 5) is 14.0. The molecule has 0 spiro atoms. The fourth-order valence-electron chi connectivity index (χ4n) is 2.37. The second kappa shape index (κ2) is 5.21. The number of nitrogens with zero attached hydrogens (tertiary/aromatic N) is 1. The maximum Gasteiger partial charge on any atom is 0.247 e. The Hall–Kier alpha value is -2.55. The lowest BCUT2D eigenvalue weighted by atomic mass is 10.1. The number of hydrogen-bond donors (Lipinski definition) is 1. The van der Waals surface area contributed by atoms with Gasteiger partial charge >= 0.3 is 0 Å². The van der Waals surface area contributed by atoms with Gasteiger partial charge in [0.15, 0.2) is 0 Å². The van der Waals surface area contributed by atoms with Crippen LogP contribution in [0.4, 0.5) is 5.69 Å². The number of nitrogens with two attached hydrogens (primary N) is 1. The predicted molar refractivity (Wildman–Crippen MR) is 80.6 cm³/mol. The molecular weight excluding hydrogens is 248 g/mol. The lowest BCUT2D eigenvalue weighted by Gasteiger charge is -2.12. The summed E-state index contributed by atoms with van der Waals surface area (Å²) in [6, 6.07) is 15.6. The Morgan fingerprint density at radius 1 is 1.00 bits per heavy atom. The van der Waals surface area contributed by atoms with E-state index in [1.54, 1.807) is 6.08 Å². The highest BCUT2D eigenvalue weighted by Gasteiger charge is 2.20. The van der Waals surface area contributed by atoms with Crippen molar-refractivity contribution in [3.8, 4) is 0 Å². The predicted octanol–water partition coefficient (Wildman–Crippen LogP) is 2.82. The Morgan fingerprint density at radius 2 is 1.60 bits per heavy atom. The molecule has 20 heavy (non-hydrogen) atoms. The molecule has 0 radical (unpaired) electrons. The summed E-state index contributed by atoms with van der Waals surface area (Å²) in [5, 5.41) is 0. The molecule has 0 atom stereocenters. The molecule has 0 aliphatic carbocycles. The van der Waals surface area contributed by atoms with E-state index in [-0.39, 0.29) is 5.91 Å². The summed E-state index contributed by atoms with van der Waals surface area (Å²) in [6.07, 6.45) is 3.45. The van der Waals surface area contributed by atoms with Gasteiger partial charge in [-0.15, -0.1) is 0 Å². The number of anilines is 1. The molecule has 0 fully saturated rings. The van der Waals surface area contributed by atoms with Gasteiger partial charge in [0.25, 0.3) is 0 Å². The Labute approximate surface area is 118 Å². The molecular formula is C17H16N2O. The normalized spacial score (nSPS) is 13.7. The second-order valence-corrected chi connectivity index (χ2v) is 4.96. The molecule has 3 rings (SSSR count). The highest BCUT2D eigenvalue weighted by Crippen LogP contribution is 2.22. The van der Waals surface area contributed by atoms with E-state index in [0.717, 1.165) is 11.3 Å². The maximum absolute atomic E-state index is 12.2. The van der Waals surface area contributed by atoms with Gasteiger partial charge in [-0.1, -0.05) is 36.4 Å². The SMILES string of the molecule is Nc1ccc(/C=C/C(=O)N2Cc3ccccc3C2)cc1. The molecule has 1 aliphatic heterocycles. The molecule has 100 valence electrons. The van der Waals surface area contributed by atoms with Gasteiger partial charge in [-0.2, -0.15) is 0 Å². The van der Waals surface area contributed by atoms with E-state index in [9.17, 15) is 4.79 Å². The van der Waals surface area contributed by atoms with Crippen LogP contribution >= 0.6 is 0 Å². The molecule has 2 aromatic carbocycles. The number of nitrogen functional groups attached to an aromatic ring is 1. The fraction of sp³-hybridized carbons (Fsp3) is 0.118. The Bertz CT molecular complexity index is 634. The van der Waals surface area contributed by atoms with Crippen LogP contribution in [0.15, 0.2) is 54.6 Å². The van der Waals surface area contributed by atoms with Crippen LogP contribution in [-0.2, 0) is 17.9 Å². The number of carbonyl (C=O) groups excluding carboxylic acids is 1. The molecule has 0 aromatic heterocycles. The monoisotopic (exact) mass is 264 g/mol. The van der Waals surface area contributed by atoms with Crippen LogP contribution in [-0.4, -0.2) is 10.8 Å². The third kappa shape index (κ3) is 2.57. The summed E-state index contributed by atoms with van der Waals surface area (Å²) in [7, 11) is 0. The van der Waals surface area contributed by atoms with Crippen LogP contribution in [0.25, 0.3) is 6.08 Å². The van der Waals surface area contributed by atoms with Gasteiger partial charge in [-0.05, 0) is 34.9 Å². The molecule has 0 bridgehead atoms. The zero-order valence-corrected chi connectivity index (χ0v) is 11.1. The molecule has 0 saturated heterocycles. The zero-order chi connectivity index (χ0) is 13.9. The van der Waals surface area contributed by atoms with E-state index in [1.807, 2.05) is 47.4 Å². The first-order valence-electron chi connectivity index (χ1n) is 6.62. The molecule has 1 aliphatic rings. The number of fused-ring (bicyclic) bond motifs is 1. The van der Waals surface area contributed by atoms with Crippen molar-refractivity contribution >= 4 is 17.7 Å². The number of amides is 1. The highest BCUT2D eigenvalue weighted by molar-refractivity contribution is 5.92. The third-order valence-corrected chi connectivity index (χ3v) is 3.51. The van der Waals surface area contributed by atoms with Crippen molar-refractivity contribution in [2.45, 2.75) is 13.1 Å². The minimum atomic E-state index is 0.0398. The number of benzene rings is 2. The minimum absolute atomic E-state index is 0.0398. The first-order chi connectivity index (χ1) is 9.72. The largest absolute Gasteiger partial charge is 0.399 e. The summed E-state index contributed by atoms with van der Waals surface area (Å²) < 4.78 is 0. The lowest BCUT2D eigenvalue weighted by molar-refractivity contribution is -0.126. The van der Waals surface area contributed by atoms with Crippen LogP contribution < -0.4 is 5.73 Å². The van der Waals surface area contributed by atoms with Crippen molar-refractivity contribution in [1.82, 2.24) is 4.90 Å². The first kappa shape index (κ1) is 12.5. The Morgan fingerprint density at radius 3 is 2.20 bits per heavy atom. The van der Waals surface area contributed by atoms with E-state index in [4.69, 9.17) is 5.73 Å². The third-order valence-electron chi connectivity index (χ3n) is 3.51. The van der Waals surface area contributed by atoms with Crippen molar-refractivity contribution in [3.63, 3.8) is 0 Å². The second-order valence-electron chi connectivity index (χ2n) is 4.96. The van der Waals surface area contributed by atoms with Gasteiger partial charge in [0.05, 0.1) is 0 Å². The van der Waals surface area contributed by atoms with Crippen molar-refractivity contribution in [3.05, 3.63) is 71.3 Å². The summed E-state index contributed by atoms with van der Waals surface area (Å²) in [5.74, 6) is 0.0398. The molecule has 0 unspecified atom stereocenters. The average Bonchev–Trinajstić information content (AvgIpc) is 2.90. The summed E-state index contributed by atoms with van der Waals surface area (Å²) >= 11 is 0. The zero-order valence-electron chi connectivity index (χ0n) is 11.1. The Balaban J connectivity index is 1.68. The van der Waals surface area contributed by atoms with Crippen molar-refractivity contribution in [2.75, 3.05) is 5.73 Å². The van der Waals surface area contributed by atoms with Gasteiger partial charge < -0.3 is 10.6 Å². The number of carbonyl (C=O) groups is 1. The van der Waals surface area contributed by atoms with Gasteiger partial charge in [0.1, 0.15) is 0 Å². The number of hydrogen-bond acceptors (Lipinski definition) is 2. The molecule has 1 amide bonds. The van der Waals surface area contributed by atoms with Crippen LogP contribution in [0, 0.1) is 0 Å². The molecule has 1 heterocycles. The van der Waals surface area contributed by atoms with Crippen molar-refractivity contribution < 1.29 is 4.79 Å². The minimum Gasteiger partial charge on any atom is -0.399 e. The van der Waals surface area contributed by atoms with E-state index >= 15 is 0 Å². The van der Waals surface area contributed by atoms with Gasteiger partial charge in [-0.3, -0.25) is 4.79 Å². The van der Waals surface area contributed by atoms with Crippen molar-refractivity contribution in [2.24, 2.45) is 0 Å². The molecule has 0 saturated carbocycles. The number of rotatable bonds is 2. The maximum atomic E-state index is 12.2. The van der Waals surface area contributed by atoms with E-state index in [0.29, 0.717) is 13.1 Å². The lowest BCUT2D eigenvalue weighted by Crippen LogP contribution is -2.22. The van der Waals surface area contributed by atoms with E-state index in [1.165, 1.54) is 11.1 Å². The van der Waals surface area contributed by atoms with Crippen LogP contribution in [0.3, 0.4) is 0 Å². The van der Waals surface area contributed by atoms with Crippen LogP contribution in [0.5, 0.6) is 0 Å². The fourth-order valence-corrected chi connectivity index (χ4v) is 2.37. The summed E-state index contributed by atoms with van der Waals surface area (Å²) in [5.41, 5.74) is 9.81. The molecule has 3 nitrogen and oxygen atoms in total. The van der Waals surface area contributed by atoms with Crippen LogP contribution in [0.1, 0.15) is 16.7 Å². The van der Waals surface area contributed by atoms with Crippen LogP contribution in [0.2, 0.25) is 0 Å². The standard InChI is InChI=1S/C17H16N2O/c18-16-8-5-13(6-9-16)7-10-17(20)19-11-14-3-1-2-4-15(14)12-19/h1-10H,11-12,18H2/b10-7+. The topological polar surface area (TPSA) is 46.3 Å². The van der Waals surface area contributed by atoms with Gasteiger partial charge in [0.2, 0.25) is 5.91 Å². The Kier molecular flexibility index (Phi) is 3.25. The van der Waals surface area contributed by atoms with E-state index < -0.39 is 0 Å². The molecule has 2 N–H and O–H groups in total. The average molecular weight is 264 g/mol. The molecule has 2 aromatic rings. The summed E-state index contributed by atoms with van der Waals surface area (Å²) in [6.45, 7) is 1.39. The van der Waals surface area contributed by atoms with E-state index in [2.05, 4.69) is 12.1 Å². The first-order valence-corrected chi connectivity index (χ1v) is 6.62. The quantitative estimate of drug-likeness (QED) is 0.669. The smallest absolute Gasteiger partial charge is 0.247 e. The van der Waals surface area contributed by atoms with Gasteiger partial charge in [-0.25, -0.2) is 0 Å².